The first-order chi connectivity index (χ1) is 16.5. The van der Waals surface area contributed by atoms with Crippen molar-refractivity contribution in [1.29, 1.82) is 0 Å². The zero-order chi connectivity index (χ0) is 23.9. The molecule has 36 heavy (non-hydrogen) atoms. The maximum absolute atomic E-state index is 12.3. The quantitative estimate of drug-likeness (QED) is 0.474. The van der Waals surface area contributed by atoms with Crippen LogP contribution in [0.1, 0.15) is 32.6 Å². The molecular weight excluding hydrogens is 505 g/mol. The van der Waals surface area contributed by atoms with Crippen LogP contribution in [0.5, 0.6) is 11.5 Å². The van der Waals surface area contributed by atoms with E-state index in [1.54, 1.807) is 12.0 Å². The molecule has 2 aliphatic rings. The molecule has 2 aromatic rings. The van der Waals surface area contributed by atoms with Gasteiger partial charge in [0.05, 0.1) is 13.7 Å². The third kappa shape index (κ3) is 8.18. The zero-order valence-electron chi connectivity index (χ0n) is 20.7. The van der Waals surface area contributed by atoms with Crippen LogP contribution in [0.4, 0.5) is 16.2 Å². The monoisotopic (exact) mass is 539 g/mol. The molecule has 0 aliphatic carbocycles. The number of likely N-dealkylation sites (tertiary alicyclic amines) is 1. The number of hydrogen-bond donors (Lipinski definition) is 1. The second-order valence-electron chi connectivity index (χ2n) is 8.82. The van der Waals surface area contributed by atoms with Crippen LogP contribution in [0.3, 0.4) is 0 Å². The van der Waals surface area contributed by atoms with Gasteiger partial charge in [-0.3, -0.25) is 9.69 Å². The van der Waals surface area contributed by atoms with E-state index >= 15 is 0 Å². The van der Waals surface area contributed by atoms with E-state index in [2.05, 4.69) is 10.2 Å². The lowest BCUT2D eigenvalue weighted by Gasteiger charge is -2.32. The van der Waals surface area contributed by atoms with Gasteiger partial charge >= 0.3 is 6.09 Å². The van der Waals surface area contributed by atoms with E-state index in [1.165, 1.54) is 6.92 Å². The highest BCUT2D eigenvalue weighted by atomic mass is 35.5. The van der Waals surface area contributed by atoms with Gasteiger partial charge in [0.15, 0.2) is 0 Å². The molecule has 10 heteroatoms. The highest BCUT2D eigenvalue weighted by molar-refractivity contribution is 5.90. The number of amides is 2. The number of methoxy groups -OCH3 is 1. The van der Waals surface area contributed by atoms with E-state index in [9.17, 15) is 9.59 Å². The zero-order valence-corrected chi connectivity index (χ0v) is 22.3. The summed E-state index contributed by atoms with van der Waals surface area (Å²) in [4.78, 5) is 27.6. The fourth-order valence-electron chi connectivity index (χ4n) is 4.45. The molecule has 4 rings (SSSR count). The second kappa shape index (κ2) is 14.2. The standard InChI is InChI=1S/C26H33N3O5.2ClH/c1-19(30)27-20-5-9-23(10-6-20)33-24-13-16-28(17-14-24)15-3-4-25-18-29(26(31)34-25)21-7-11-22(32-2)12-8-21;;/h5-12,24-25H,3-4,13-18H2,1-2H3,(H,27,30);2*1H. The minimum atomic E-state index is -0.279. The lowest BCUT2D eigenvalue weighted by molar-refractivity contribution is -0.114. The van der Waals surface area contributed by atoms with Crippen LogP contribution >= 0.6 is 24.8 Å². The Morgan fingerprint density at radius 1 is 1.03 bits per heavy atom. The molecule has 1 N–H and O–H groups in total. The van der Waals surface area contributed by atoms with Crippen LogP contribution < -0.4 is 19.7 Å². The van der Waals surface area contributed by atoms with Crippen LogP contribution in [0.25, 0.3) is 0 Å². The maximum Gasteiger partial charge on any atom is 0.414 e. The topological polar surface area (TPSA) is 80.3 Å². The molecule has 198 valence electrons. The lowest BCUT2D eigenvalue weighted by atomic mass is 10.1. The fraction of sp³-hybridized carbons (Fsp3) is 0.462. The van der Waals surface area contributed by atoms with Crippen molar-refractivity contribution in [1.82, 2.24) is 4.90 Å². The van der Waals surface area contributed by atoms with E-state index in [0.717, 1.165) is 68.2 Å². The number of rotatable bonds is 9. The molecule has 2 saturated heterocycles. The maximum atomic E-state index is 12.3. The van der Waals surface area contributed by atoms with E-state index in [-0.39, 0.29) is 49.0 Å². The van der Waals surface area contributed by atoms with Gasteiger partial charge in [-0.2, -0.15) is 0 Å². The first-order valence-corrected chi connectivity index (χ1v) is 11.9. The Hall–Kier alpha value is -2.68. The number of ether oxygens (including phenoxy) is 3. The summed E-state index contributed by atoms with van der Waals surface area (Å²) in [6.45, 7) is 5.07. The molecule has 2 fully saturated rings. The van der Waals surface area contributed by atoms with Gasteiger partial charge in [0.1, 0.15) is 23.7 Å². The molecule has 0 spiro atoms. The molecule has 0 saturated carbocycles. The average molecular weight is 540 g/mol. The van der Waals surface area contributed by atoms with E-state index in [4.69, 9.17) is 14.2 Å². The SMILES string of the molecule is COc1ccc(N2CC(CCCN3CCC(Oc4ccc(NC(C)=O)cc4)CC3)OC2=O)cc1.Cl.Cl. The van der Waals surface area contributed by atoms with Gasteiger partial charge in [0, 0.05) is 31.4 Å². The van der Waals surface area contributed by atoms with Crippen LogP contribution in [0.2, 0.25) is 0 Å². The summed E-state index contributed by atoms with van der Waals surface area (Å²) in [5.74, 6) is 1.51. The average Bonchev–Trinajstić information content (AvgIpc) is 3.21. The molecule has 1 atom stereocenters. The molecule has 1 unspecified atom stereocenters. The minimum Gasteiger partial charge on any atom is -0.497 e. The van der Waals surface area contributed by atoms with E-state index < -0.39 is 0 Å². The number of benzene rings is 2. The molecule has 2 amide bonds. The van der Waals surface area contributed by atoms with Gasteiger partial charge < -0.3 is 24.4 Å². The summed E-state index contributed by atoms with van der Waals surface area (Å²) < 4.78 is 16.9. The summed E-state index contributed by atoms with van der Waals surface area (Å²) >= 11 is 0. The van der Waals surface area contributed by atoms with Crippen LogP contribution in [-0.2, 0) is 9.53 Å². The highest BCUT2D eigenvalue weighted by Gasteiger charge is 2.32. The molecule has 8 nitrogen and oxygen atoms in total. The lowest BCUT2D eigenvalue weighted by Crippen LogP contribution is -2.39. The third-order valence-corrected chi connectivity index (χ3v) is 6.27. The van der Waals surface area contributed by atoms with Crippen molar-refractivity contribution in [3.8, 4) is 11.5 Å². The van der Waals surface area contributed by atoms with E-state index in [0.29, 0.717) is 6.54 Å². The number of hydrogen-bond acceptors (Lipinski definition) is 6. The predicted octanol–water partition coefficient (Wildman–Crippen LogP) is 5.15. The number of carbonyl (C=O) groups is 2. The van der Waals surface area contributed by atoms with Crippen molar-refractivity contribution in [3.63, 3.8) is 0 Å². The second-order valence-corrected chi connectivity index (χ2v) is 8.82. The van der Waals surface area contributed by atoms with Crippen LogP contribution in [0, 0.1) is 0 Å². The number of nitrogens with zero attached hydrogens (tertiary/aromatic N) is 2. The molecule has 0 radical (unpaired) electrons. The summed E-state index contributed by atoms with van der Waals surface area (Å²) in [5.41, 5.74) is 1.61. The van der Waals surface area contributed by atoms with Crippen molar-refractivity contribution in [3.05, 3.63) is 48.5 Å². The third-order valence-electron chi connectivity index (χ3n) is 6.27. The highest BCUT2D eigenvalue weighted by Crippen LogP contribution is 2.26. The molecule has 2 heterocycles. The molecule has 2 aliphatic heterocycles. The Balaban J connectivity index is 0.00000228. The van der Waals surface area contributed by atoms with Crippen molar-refractivity contribution >= 4 is 48.2 Å². The molecule has 2 aromatic carbocycles. The summed E-state index contributed by atoms with van der Waals surface area (Å²) in [6.07, 6.45) is 3.67. The first-order valence-electron chi connectivity index (χ1n) is 11.9. The Labute approximate surface area is 225 Å². The first kappa shape index (κ1) is 29.5. The van der Waals surface area contributed by atoms with Gasteiger partial charge in [-0.05, 0) is 80.8 Å². The number of nitrogens with one attached hydrogen (secondary N) is 1. The van der Waals surface area contributed by atoms with Crippen molar-refractivity contribution in [2.45, 2.75) is 44.8 Å². The van der Waals surface area contributed by atoms with Gasteiger partial charge in [0.2, 0.25) is 5.91 Å². The fourth-order valence-corrected chi connectivity index (χ4v) is 4.45. The smallest absolute Gasteiger partial charge is 0.414 e. The minimum absolute atomic E-state index is 0. The van der Waals surface area contributed by atoms with Crippen molar-refractivity contribution in [2.75, 3.05) is 43.5 Å². The molecular formula is C26H35Cl2N3O5. The van der Waals surface area contributed by atoms with Gasteiger partial charge in [-0.25, -0.2) is 4.79 Å². The normalized spacial score (nSPS) is 18.0. The number of halogens is 2. The van der Waals surface area contributed by atoms with Gasteiger partial charge in [0.25, 0.3) is 0 Å². The van der Waals surface area contributed by atoms with Crippen LogP contribution in [-0.4, -0.2) is 62.4 Å². The van der Waals surface area contributed by atoms with Gasteiger partial charge in [-0.15, -0.1) is 24.8 Å². The summed E-state index contributed by atoms with van der Waals surface area (Å²) in [6, 6.07) is 15.0. The number of cyclic esters (lactones) is 1. The Bertz CT molecular complexity index is 967. The van der Waals surface area contributed by atoms with E-state index in [1.807, 2.05) is 48.5 Å². The number of anilines is 2. The van der Waals surface area contributed by atoms with Crippen molar-refractivity contribution < 1.29 is 23.8 Å². The Kier molecular flexibility index (Phi) is 11.6. The predicted molar refractivity (Wildman–Crippen MR) is 145 cm³/mol. The number of piperidine rings is 1. The summed E-state index contributed by atoms with van der Waals surface area (Å²) in [7, 11) is 1.62. The largest absolute Gasteiger partial charge is 0.497 e. The molecule has 0 bridgehead atoms. The van der Waals surface area contributed by atoms with Gasteiger partial charge in [-0.1, -0.05) is 0 Å². The summed E-state index contributed by atoms with van der Waals surface area (Å²) in [5, 5.41) is 2.76. The molecule has 0 aromatic heterocycles. The Morgan fingerprint density at radius 3 is 2.28 bits per heavy atom. The van der Waals surface area contributed by atoms with Crippen LogP contribution in [0.15, 0.2) is 48.5 Å². The van der Waals surface area contributed by atoms with Crippen molar-refractivity contribution in [2.24, 2.45) is 0 Å². The number of carbonyl (C=O) groups excluding carboxylic acids is 2. The Morgan fingerprint density at radius 2 is 1.67 bits per heavy atom.